The highest BCUT2D eigenvalue weighted by atomic mass is 79.9. The molecule has 0 aliphatic heterocycles. The predicted octanol–water partition coefficient (Wildman–Crippen LogP) is 3.41. The average Bonchev–Trinajstić information content (AvgIpc) is 3.39. The second-order valence-electron chi connectivity index (χ2n) is 7.33. The van der Waals surface area contributed by atoms with Crippen molar-refractivity contribution in [2.24, 2.45) is 0 Å². The summed E-state index contributed by atoms with van der Waals surface area (Å²) < 4.78 is 27.9. The molecule has 0 spiro atoms. The molecule has 0 aromatic heterocycles. The van der Waals surface area contributed by atoms with Gasteiger partial charge >= 0.3 is 0 Å². The van der Waals surface area contributed by atoms with Crippen LogP contribution in [0.3, 0.4) is 0 Å². The molecule has 1 saturated carbocycles. The van der Waals surface area contributed by atoms with Crippen LogP contribution in [0.15, 0.2) is 46.9 Å². The van der Waals surface area contributed by atoms with Crippen molar-refractivity contribution in [3.05, 3.63) is 69.7 Å². The maximum absolute atomic E-state index is 13.5. The Kier molecular flexibility index (Phi) is 6.47. The Hall–Kier alpha value is -1.83. The van der Waals surface area contributed by atoms with Gasteiger partial charge in [0.1, 0.15) is 11.6 Å². The molecular formula is C21H23BrF2N2O2. The Labute approximate surface area is 171 Å². The Morgan fingerprint density at radius 1 is 1.21 bits per heavy atom. The molecule has 2 atom stereocenters. The van der Waals surface area contributed by atoms with Crippen molar-refractivity contribution in [1.82, 2.24) is 10.6 Å². The highest BCUT2D eigenvalue weighted by Crippen LogP contribution is 2.45. The van der Waals surface area contributed by atoms with Crippen LogP contribution in [0.4, 0.5) is 8.78 Å². The molecule has 4 nitrogen and oxygen atoms in total. The van der Waals surface area contributed by atoms with E-state index in [0.717, 1.165) is 28.9 Å². The van der Waals surface area contributed by atoms with Gasteiger partial charge in [0.05, 0.1) is 12.1 Å². The van der Waals surface area contributed by atoms with E-state index in [9.17, 15) is 18.7 Å². The molecule has 2 aromatic rings. The number of amides is 1. The van der Waals surface area contributed by atoms with Gasteiger partial charge in [-0.3, -0.25) is 4.79 Å². The van der Waals surface area contributed by atoms with Gasteiger partial charge in [0.25, 0.3) is 0 Å². The van der Waals surface area contributed by atoms with Gasteiger partial charge in [-0.15, -0.1) is 0 Å². The minimum atomic E-state index is -0.917. The Morgan fingerprint density at radius 3 is 2.46 bits per heavy atom. The summed E-state index contributed by atoms with van der Waals surface area (Å²) in [5.74, 6) is -1.68. The fraction of sp³-hybridized carbons (Fsp3) is 0.381. The number of carbonyl (C=O) groups excluding carboxylic acids is 1. The lowest BCUT2D eigenvalue weighted by atomic mass is 9.99. The van der Waals surface area contributed by atoms with E-state index in [2.05, 4.69) is 26.6 Å². The smallest absolute Gasteiger partial charge is 0.217 e. The summed E-state index contributed by atoms with van der Waals surface area (Å²) in [5.41, 5.74) is 1.33. The summed E-state index contributed by atoms with van der Waals surface area (Å²) in [6, 6.07) is 10.6. The molecule has 1 amide bonds. The van der Waals surface area contributed by atoms with Gasteiger partial charge in [-0.05, 0) is 54.7 Å². The number of halogens is 3. The van der Waals surface area contributed by atoms with Crippen LogP contribution < -0.4 is 10.6 Å². The first kappa shape index (κ1) is 20.9. The second-order valence-corrected chi connectivity index (χ2v) is 8.25. The number of carbonyl (C=O) groups is 1. The molecule has 150 valence electrons. The zero-order chi connectivity index (χ0) is 20.3. The van der Waals surface area contributed by atoms with E-state index in [0.29, 0.717) is 5.56 Å². The third kappa shape index (κ3) is 5.37. The predicted molar refractivity (Wildman–Crippen MR) is 107 cm³/mol. The molecule has 3 rings (SSSR count). The minimum Gasteiger partial charge on any atom is -0.390 e. The molecule has 28 heavy (non-hydrogen) atoms. The van der Waals surface area contributed by atoms with Crippen molar-refractivity contribution in [2.75, 3.05) is 6.54 Å². The van der Waals surface area contributed by atoms with E-state index in [-0.39, 0.29) is 24.4 Å². The number of aliphatic hydroxyl groups is 1. The van der Waals surface area contributed by atoms with Gasteiger partial charge in [0.15, 0.2) is 0 Å². The van der Waals surface area contributed by atoms with Gasteiger partial charge in [-0.25, -0.2) is 8.78 Å². The second kappa shape index (κ2) is 8.68. The van der Waals surface area contributed by atoms with Crippen molar-refractivity contribution in [2.45, 2.75) is 43.9 Å². The number of aliphatic hydroxyl groups excluding tert-OH is 1. The Balaban J connectivity index is 1.68. The molecule has 7 heteroatoms. The molecule has 3 N–H and O–H groups in total. The largest absolute Gasteiger partial charge is 0.390 e. The molecule has 0 radical (unpaired) electrons. The monoisotopic (exact) mass is 452 g/mol. The molecule has 1 aliphatic rings. The summed E-state index contributed by atoms with van der Waals surface area (Å²) in [4.78, 5) is 11.6. The third-order valence-corrected chi connectivity index (χ3v) is 5.50. The summed E-state index contributed by atoms with van der Waals surface area (Å²) in [5, 5.41) is 16.8. The molecule has 0 bridgehead atoms. The van der Waals surface area contributed by atoms with Crippen LogP contribution >= 0.6 is 15.9 Å². The molecule has 2 aromatic carbocycles. The van der Waals surface area contributed by atoms with E-state index in [1.54, 1.807) is 0 Å². The van der Waals surface area contributed by atoms with Crippen molar-refractivity contribution in [3.8, 4) is 0 Å². The quantitative estimate of drug-likeness (QED) is 0.574. The number of rotatable bonds is 8. The molecule has 1 unspecified atom stereocenters. The van der Waals surface area contributed by atoms with Crippen molar-refractivity contribution < 1.29 is 18.7 Å². The fourth-order valence-electron chi connectivity index (χ4n) is 3.45. The number of benzene rings is 2. The van der Waals surface area contributed by atoms with Gasteiger partial charge in [-0.2, -0.15) is 0 Å². The van der Waals surface area contributed by atoms with Crippen LogP contribution in [0.25, 0.3) is 0 Å². The van der Waals surface area contributed by atoms with Gasteiger partial charge in [0, 0.05) is 29.5 Å². The molecule has 1 aliphatic carbocycles. The van der Waals surface area contributed by atoms with E-state index < -0.39 is 23.8 Å². The first-order valence-corrected chi connectivity index (χ1v) is 9.98. The van der Waals surface area contributed by atoms with Gasteiger partial charge < -0.3 is 15.7 Å². The highest BCUT2D eigenvalue weighted by Gasteiger charge is 2.44. The van der Waals surface area contributed by atoms with Gasteiger partial charge in [-0.1, -0.05) is 28.1 Å². The topological polar surface area (TPSA) is 61.4 Å². The maximum atomic E-state index is 13.5. The Bertz CT molecular complexity index is 838. The molecule has 0 saturated heterocycles. The molecule has 0 heterocycles. The molecular weight excluding hydrogens is 430 g/mol. The van der Waals surface area contributed by atoms with Crippen molar-refractivity contribution in [1.29, 1.82) is 0 Å². The zero-order valence-corrected chi connectivity index (χ0v) is 17.1. The number of hydrogen-bond donors (Lipinski definition) is 3. The van der Waals surface area contributed by atoms with Gasteiger partial charge in [0.2, 0.25) is 5.91 Å². The van der Waals surface area contributed by atoms with Crippen LogP contribution in [0.5, 0.6) is 0 Å². The normalized spacial score (nSPS) is 17.0. The summed E-state index contributed by atoms with van der Waals surface area (Å²) in [6.07, 6.45) is 1.12. The zero-order valence-electron chi connectivity index (χ0n) is 15.5. The maximum Gasteiger partial charge on any atom is 0.217 e. The average molecular weight is 453 g/mol. The fourth-order valence-corrected chi connectivity index (χ4v) is 3.85. The van der Waals surface area contributed by atoms with Crippen LogP contribution in [0.2, 0.25) is 0 Å². The van der Waals surface area contributed by atoms with E-state index in [1.165, 1.54) is 19.1 Å². The first-order valence-electron chi connectivity index (χ1n) is 9.19. The number of hydrogen-bond acceptors (Lipinski definition) is 3. The summed E-state index contributed by atoms with van der Waals surface area (Å²) >= 11 is 3.48. The number of nitrogens with one attached hydrogen (secondary N) is 2. The van der Waals surface area contributed by atoms with Crippen LogP contribution in [-0.2, 0) is 16.8 Å². The minimum absolute atomic E-state index is 0.126. The Morgan fingerprint density at radius 2 is 1.89 bits per heavy atom. The van der Waals surface area contributed by atoms with Crippen LogP contribution in [0, 0.1) is 11.6 Å². The molecule has 1 fully saturated rings. The summed E-state index contributed by atoms with van der Waals surface area (Å²) in [6.45, 7) is 1.60. The van der Waals surface area contributed by atoms with E-state index >= 15 is 0 Å². The highest BCUT2D eigenvalue weighted by molar-refractivity contribution is 9.10. The van der Waals surface area contributed by atoms with E-state index in [4.69, 9.17) is 0 Å². The summed E-state index contributed by atoms with van der Waals surface area (Å²) in [7, 11) is 0. The van der Waals surface area contributed by atoms with Crippen LogP contribution in [0.1, 0.15) is 30.9 Å². The van der Waals surface area contributed by atoms with Crippen molar-refractivity contribution in [3.63, 3.8) is 0 Å². The lowest BCUT2D eigenvalue weighted by Crippen LogP contribution is -2.49. The van der Waals surface area contributed by atoms with Crippen molar-refractivity contribution >= 4 is 21.8 Å². The van der Waals surface area contributed by atoms with E-state index in [1.807, 2.05) is 24.3 Å². The van der Waals surface area contributed by atoms with Crippen LogP contribution in [-0.4, -0.2) is 29.7 Å². The SMILES string of the molecule is CC(=O)NC(Cc1cc(F)cc(F)c1)[C@H](O)CNC1(c2cccc(Br)c2)CC1. The first-order chi connectivity index (χ1) is 13.3. The lowest BCUT2D eigenvalue weighted by molar-refractivity contribution is -0.120. The third-order valence-electron chi connectivity index (χ3n) is 5.01. The lowest BCUT2D eigenvalue weighted by Gasteiger charge is -2.27. The standard InChI is InChI=1S/C21H23BrF2N2O2/c1-13(27)26-19(9-14-7-17(23)11-18(24)8-14)20(28)12-25-21(5-6-21)15-3-2-4-16(22)10-15/h2-4,7-8,10-11,19-20,25,28H,5-6,9,12H2,1H3,(H,26,27)/t19?,20-/m1/s1.